The van der Waals surface area contributed by atoms with Crippen molar-refractivity contribution >= 4 is 21.7 Å². The maximum atomic E-state index is 13.4. The molecule has 0 bridgehead atoms. The van der Waals surface area contributed by atoms with Gasteiger partial charge in [-0.2, -0.15) is 13.2 Å². The number of aromatic nitrogens is 1. The third-order valence-electron chi connectivity index (χ3n) is 7.43. The van der Waals surface area contributed by atoms with Crippen molar-refractivity contribution in [3.63, 3.8) is 0 Å². The molecule has 0 saturated heterocycles. The number of fused-ring (bicyclic) bond motifs is 2. The number of hydrogen-bond acceptors (Lipinski definition) is 2. The van der Waals surface area contributed by atoms with Gasteiger partial charge >= 0.3 is 6.18 Å². The Bertz CT molecular complexity index is 1630. The Kier molecular flexibility index (Phi) is 6.17. The Hall–Kier alpha value is -3.60. The maximum Gasteiger partial charge on any atom is 0.394 e. The van der Waals surface area contributed by atoms with Crippen LogP contribution in [0.4, 0.5) is 13.2 Å². The van der Waals surface area contributed by atoms with Gasteiger partial charge in [-0.1, -0.05) is 83.1 Å². The van der Waals surface area contributed by atoms with Crippen molar-refractivity contribution in [2.24, 2.45) is 5.41 Å². The van der Waals surface area contributed by atoms with Crippen molar-refractivity contribution in [3.8, 4) is 22.6 Å². The first-order chi connectivity index (χ1) is 17.8. The molecule has 5 rings (SSSR count). The van der Waals surface area contributed by atoms with Gasteiger partial charge in [0.05, 0.1) is 5.41 Å². The normalized spacial score (nSPS) is 13.0. The van der Waals surface area contributed by atoms with E-state index in [0.29, 0.717) is 16.9 Å². The molecule has 0 fully saturated rings. The highest BCUT2D eigenvalue weighted by Crippen LogP contribution is 2.42. The fraction of sp³-hybridized carbons (Fsp3) is 0.303. The minimum atomic E-state index is -4.26. The van der Waals surface area contributed by atoms with Crippen molar-refractivity contribution < 1.29 is 17.6 Å². The van der Waals surface area contributed by atoms with E-state index in [9.17, 15) is 13.2 Å². The lowest BCUT2D eigenvalue weighted by atomic mass is 9.82. The summed E-state index contributed by atoms with van der Waals surface area (Å²) in [6.07, 6.45) is -2.54. The van der Waals surface area contributed by atoms with Crippen LogP contribution in [0.2, 0.25) is 0 Å². The standard InChI is InChI=1S/C33H32F3NO/c1-20-25-15-16-37-28(24-17-23-9-7-8-10-26(23)27(18-24)31(2,3)4)30(25)38-29(20)22-13-11-21(12-14-22)19-32(5,6)33(34,35)36/h7-18H,19H2,1-6H3. The molecular weight excluding hydrogens is 483 g/mol. The van der Waals surface area contributed by atoms with Crippen LogP contribution < -0.4 is 0 Å². The SMILES string of the molecule is Cc1c(-c2ccc(CC(C)(C)C(F)(F)F)cc2)oc2c(-c3cc(C(C)(C)C)c4ccccc4c3)nccc12. The van der Waals surface area contributed by atoms with Gasteiger partial charge in [0.15, 0.2) is 5.58 Å². The number of rotatable bonds is 4. The van der Waals surface area contributed by atoms with Crippen LogP contribution in [0.3, 0.4) is 0 Å². The second kappa shape index (κ2) is 9.00. The Balaban J connectivity index is 1.59. The van der Waals surface area contributed by atoms with Crippen molar-refractivity contribution in [1.29, 1.82) is 0 Å². The molecule has 0 aliphatic rings. The van der Waals surface area contributed by atoms with Gasteiger partial charge in [0.1, 0.15) is 11.5 Å². The molecule has 196 valence electrons. The summed E-state index contributed by atoms with van der Waals surface area (Å²) >= 11 is 0. The van der Waals surface area contributed by atoms with E-state index in [1.54, 1.807) is 18.3 Å². The number of hydrogen-bond donors (Lipinski definition) is 0. The summed E-state index contributed by atoms with van der Waals surface area (Å²) in [6, 6.07) is 21.9. The zero-order valence-electron chi connectivity index (χ0n) is 22.6. The van der Waals surface area contributed by atoms with Gasteiger partial charge in [0.25, 0.3) is 0 Å². The first-order valence-electron chi connectivity index (χ1n) is 12.8. The zero-order chi connectivity index (χ0) is 27.5. The molecule has 0 aliphatic carbocycles. The molecule has 2 aromatic heterocycles. The molecular formula is C33H32F3NO. The summed E-state index contributed by atoms with van der Waals surface area (Å²) in [7, 11) is 0. The molecule has 0 radical (unpaired) electrons. The van der Waals surface area contributed by atoms with E-state index in [1.807, 2.05) is 31.2 Å². The first-order valence-corrected chi connectivity index (χ1v) is 12.8. The molecule has 0 aliphatic heterocycles. The molecule has 0 amide bonds. The van der Waals surface area contributed by atoms with Crippen molar-refractivity contribution in [1.82, 2.24) is 4.98 Å². The van der Waals surface area contributed by atoms with Gasteiger partial charge in [-0.15, -0.1) is 0 Å². The van der Waals surface area contributed by atoms with Gasteiger partial charge in [0, 0.05) is 28.3 Å². The van der Waals surface area contributed by atoms with Crippen molar-refractivity contribution in [2.75, 3.05) is 0 Å². The second-order valence-electron chi connectivity index (χ2n) is 11.8. The highest BCUT2D eigenvalue weighted by molar-refractivity contribution is 5.98. The summed E-state index contributed by atoms with van der Waals surface area (Å²) in [4.78, 5) is 4.73. The molecule has 0 atom stereocenters. The number of halogens is 3. The van der Waals surface area contributed by atoms with Gasteiger partial charge < -0.3 is 4.42 Å². The van der Waals surface area contributed by atoms with E-state index in [-0.39, 0.29) is 11.8 Å². The monoisotopic (exact) mass is 515 g/mol. The fourth-order valence-electron chi connectivity index (χ4n) is 5.08. The molecule has 0 unspecified atom stereocenters. The van der Waals surface area contributed by atoms with Crippen LogP contribution in [-0.2, 0) is 11.8 Å². The Morgan fingerprint density at radius 1 is 0.789 bits per heavy atom. The lowest BCUT2D eigenvalue weighted by Crippen LogP contribution is -2.34. The van der Waals surface area contributed by atoms with Gasteiger partial charge in [0.2, 0.25) is 0 Å². The molecule has 0 spiro atoms. The Labute approximate surface area is 221 Å². The summed E-state index contributed by atoms with van der Waals surface area (Å²) < 4.78 is 46.6. The summed E-state index contributed by atoms with van der Waals surface area (Å²) in [6.45, 7) is 11.1. The quantitative estimate of drug-likeness (QED) is 0.238. The predicted octanol–water partition coefficient (Wildman–Crippen LogP) is 10.1. The van der Waals surface area contributed by atoms with Gasteiger partial charge in [-0.25, -0.2) is 0 Å². The predicted molar refractivity (Wildman–Crippen MR) is 149 cm³/mol. The number of nitrogens with zero attached hydrogens (tertiary/aromatic N) is 1. The van der Waals surface area contributed by atoms with Crippen LogP contribution in [0, 0.1) is 12.3 Å². The number of pyridine rings is 1. The lowest BCUT2D eigenvalue weighted by molar-refractivity contribution is -0.211. The van der Waals surface area contributed by atoms with Crippen LogP contribution in [0.5, 0.6) is 0 Å². The zero-order valence-corrected chi connectivity index (χ0v) is 22.6. The maximum absolute atomic E-state index is 13.4. The van der Waals surface area contributed by atoms with Crippen molar-refractivity contribution in [3.05, 3.63) is 89.6 Å². The number of benzene rings is 3. The third-order valence-corrected chi connectivity index (χ3v) is 7.43. The van der Waals surface area contributed by atoms with E-state index >= 15 is 0 Å². The summed E-state index contributed by atoms with van der Waals surface area (Å²) in [5.41, 5.74) is 4.30. The first kappa shape index (κ1) is 26.0. The van der Waals surface area contributed by atoms with E-state index in [0.717, 1.165) is 33.2 Å². The van der Waals surface area contributed by atoms with Crippen LogP contribution >= 0.6 is 0 Å². The van der Waals surface area contributed by atoms with Crippen LogP contribution in [0.15, 0.2) is 77.3 Å². The minimum absolute atomic E-state index is 0.0593. The number of alkyl halides is 3. The molecule has 2 heterocycles. The number of aryl methyl sites for hydroxylation is 1. The van der Waals surface area contributed by atoms with E-state index in [1.165, 1.54) is 24.8 Å². The fourth-order valence-corrected chi connectivity index (χ4v) is 5.08. The molecule has 2 nitrogen and oxygen atoms in total. The minimum Gasteiger partial charge on any atom is -0.453 e. The molecule has 38 heavy (non-hydrogen) atoms. The molecule has 0 saturated carbocycles. The number of furan rings is 1. The Morgan fingerprint density at radius 2 is 1.47 bits per heavy atom. The van der Waals surface area contributed by atoms with Crippen LogP contribution in [0.25, 0.3) is 44.3 Å². The highest BCUT2D eigenvalue weighted by Gasteiger charge is 2.46. The largest absolute Gasteiger partial charge is 0.453 e. The van der Waals surface area contributed by atoms with E-state index < -0.39 is 11.6 Å². The molecule has 5 heteroatoms. The Morgan fingerprint density at radius 3 is 2.13 bits per heavy atom. The van der Waals surface area contributed by atoms with E-state index in [4.69, 9.17) is 9.40 Å². The highest BCUT2D eigenvalue weighted by atomic mass is 19.4. The smallest absolute Gasteiger partial charge is 0.394 e. The summed E-state index contributed by atoms with van der Waals surface area (Å²) in [5.74, 6) is 0.702. The molecule has 3 aromatic carbocycles. The van der Waals surface area contributed by atoms with Crippen LogP contribution in [0.1, 0.15) is 51.3 Å². The average Bonchev–Trinajstić information content (AvgIpc) is 3.19. The van der Waals surface area contributed by atoms with Crippen LogP contribution in [-0.4, -0.2) is 11.2 Å². The average molecular weight is 516 g/mol. The molecule has 0 N–H and O–H groups in total. The second-order valence-corrected chi connectivity index (χ2v) is 11.8. The lowest BCUT2D eigenvalue weighted by Gasteiger charge is -2.27. The summed E-state index contributed by atoms with van der Waals surface area (Å²) in [5, 5.41) is 3.34. The third kappa shape index (κ3) is 4.59. The van der Waals surface area contributed by atoms with Gasteiger partial charge in [-0.05, 0) is 58.9 Å². The van der Waals surface area contributed by atoms with Crippen molar-refractivity contribution in [2.45, 2.75) is 59.6 Å². The topological polar surface area (TPSA) is 26.0 Å². The van der Waals surface area contributed by atoms with Gasteiger partial charge in [-0.3, -0.25) is 4.98 Å². The van der Waals surface area contributed by atoms with E-state index in [2.05, 4.69) is 51.1 Å². The molecule has 5 aromatic rings.